The van der Waals surface area contributed by atoms with Gasteiger partial charge in [-0.05, 0) is 31.0 Å². The molecule has 1 heterocycles. The van der Waals surface area contributed by atoms with Crippen molar-refractivity contribution in [2.75, 3.05) is 18.0 Å². The van der Waals surface area contributed by atoms with Gasteiger partial charge in [0.2, 0.25) is 0 Å². The summed E-state index contributed by atoms with van der Waals surface area (Å²) >= 11 is 0. The third kappa shape index (κ3) is 2.67. The van der Waals surface area contributed by atoms with Crippen LogP contribution in [0.3, 0.4) is 0 Å². The highest BCUT2D eigenvalue weighted by Gasteiger charge is 2.24. The first-order chi connectivity index (χ1) is 8.63. The summed E-state index contributed by atoms with van der Waals surface area (Å²) < 4.78 is 6.01. The number of ether oxygens (including phenoxy) is 1. The van der Waals surface area contributed by atoms with E-state index in [2.05, 4.69) is 43.5 Å². The summed E-state index contributed by atoms with van der Waals surface area (Å²) in [6.45, 7) is 10.6. The third-order valence-electron chi connectivity index (χ3n) is 3.23. The Balaban J connectivity index is 2.32. The Hall–Kier alpha value is -1.48. The van der Waals surface area contributed by atoms with Crippen LogP contribution in [-0.2, 0) is 6.54 Å². The molecular formula is C15H22N2O. The maximum Gasteiger partial charge on any atom is 0.143 e. The number of hydrogen-bond donors (Lipinski definition) is 1. The number of benzene rings is 1. The molecule has 0 bridgehead atoms. The molecule has 3 nitrogen and oxygen atoms in total. The highest BCUT2D eigenvalue weighted by molar-refractivity contribution is 5.62. The zero-order valence-electron chi connectivity index (χ0n) is 11.3. The van der Waals surface area contributed by atoms with Crippen LogP contribution in [-0.4, -0.2) is 19.2 Å². The summed E-state index contributed by atoms with van der Waals surface area (Å²) in [5.74, 6) is 0.956. The van der Waals surface area contributed by atoms with Crippen molar-refractivity contribution in [2.24, 2.45) is 5.73 Å². The molecule has 1 aliphatic rings. The molecule has 1 aromatic rings. The second-order valence-electron chi connectivity index (χ2n) is 4.99. The van der Waals surface area contributed by atoms with E-state index in [1.807, 2.05) is 0 Å². The average Bonchev–Trinajstić information content (AvgIpc) is 2.37. The quantitative estimate of drug-likeness (QED) is 0.830. The van der Waals surface area contributed by atoms with E-state index in [1.54, 1.807) is 0 Å². The zero-order valence-corrected chi connectivity index (χ0v) is 11.3. The molecule has 2 N–H and O–H groups in total. The van der Waals surface area contributed by atoms with Crippen molar-refractivity contribution in [3.8, 4) is 5.75 Å². The van der Waals surface area contributed by atoms with Crippen LogP contribution in [0.1, 0.15) is 25.8 Å². The van der Waals surface area contributed by atoms with Crippen molar-refractivity contribution in [1.29, 1.82) is 0 Å². The molecule has 98 valence electrons. The Labute approximate surface area is 109 Å². The van der Waals surface area contributed by atoms with E-state index in [4.69, 9.17) is 10.5 Å². The van der Waals surface area contributed by atoms with Gasteiger partial charge in [0.05, 0.1) is 12.2 Å². The van der Waals surface area contributed by atoms with Gasteiger partial charge in [-0.15, -0.1) is 0 Å². The summed E-state index contributed by atoms with van der Waals surface area (Å²) in [6.07, 6.45) is 1.27. The fourth-order valence-corrected chi connectivity index (χ4v) is 2.29. The Morgan fingerprint density at radius 1 is 1.56 bits per heavy atom. The molecule has 2 rings (SSSR count). The van der Waals surface area contributed by atoms with Gasteiger partial charge in [-0.2, -0.15) is 0 Å². The van der Waals surface area contributed by atoms with Crippen molar-refractivity contribution in [2.45, 2.75) is 32.9 Å². The maximum atomic E-state index is 6.01. The van der Waals surface area contributed by atoms with Gasteiger partial charge >= 0.3 is 0 Å². The van der Waals surface area contributed by atoms with Crippen LogP contribution < -0.4 is 15.4 Å². The fourth-order valence-electron chi connectivity index (χ4n) is 2.29. The molecule has 0 amide bonds. The number of anilines is 1. The zero-order chi connectivity index (χ0) is 13.1. The lowest BCUT2D eigenvalue weighted by Crippen LogP contribution is -2.40. The first-order valence-corrected chi connectivity index (χ1v) is 6.53. The van der Waals surface area contributed by atoms with E-state index >= 15 is 0 Å². The molecule has 1 aliphatic heterocycles. The minimum atomic E-state index is 0.255. The number of nitrogens with two attached hydrogens (primary N) is 1. The summed E-state index contributed by atoms with van der Waals surface area (Å²) in [5, 5.41) is 0. The first kappa shape index (κ1) is 13.0. The van der Waals surface area contributed by atoms with E-state index in [9.17, 15) is 0 Å². The molecule has 0 spiro atoms. The molecule has 1 atom stereocenters. The molecule has 0 aliphatic carbocycles. The van der Waals surface area contributed by atoms with Crippen LogP contribution in [0.15, 0.2) is 30.4 Å². The Kier molecular flexibility index (Phi) is 3.92. The van der Waals surface area contributed by atoms with Gasteiger partial charge in [-0.1, -0.05) is 25.1 Å². The number of hydrogen-bond acceptors (Lipinski definition) is 3. The molecule has 0 radical (unpaired) electrons. The summed E-state index contributed by atoms with van der Waals surface area (Å²) in [7, 11) is 0. The van der Waals surface area contributed by atoms with Crippen LogP contribution in [0, 0.1) is 0 Å². The number of nitrogens with zero attached hydrogens (tertiary/aromatic N) is 1. The van der Waals surface area contributed by atoms with Crippen molar-refractivity contribution < 1.29 is 4.74 Å². The lowest BCUT2D eigenvalue weighted by atomic mass is 10.1. The number of rotatable bonds is 4. The summed E-state index contributed by atoms with van der Waals surface area (Å²) in [6, 6.07) is 6.23. The van der Waals surface area contributed by atoms with Crippen molar-refractivity contribution >= 4 is 5.69 Å². The smallest absolute Gasteiger partial charge is 0.143 e. The van der Waals surface area contributed by atoms with Crippen LogP contribution >= 0.6 is 0 Å². The van der Waals surface area contributed by atoms with E-state index < -0.39 is 0 Å². The first-order valence-electron chi connectivity index (χ1n) is 6.53. The molecule has 0 saturated heterocycles. The lowest BCUT2D eigenvalue weighted by molar-refractivity contribution is 0.190. The number of fused-ring (bicyclic) bond motifs is 1. The molecular weight excluding hydrogens is 224 g/mol. The van der Waals surface area contributed by atoms with E-state index in [0.29, 0.717) is 6.54 Å². The van der Waals surface area contributed by atoms with Gasteiger partial charge < -0.3 is 15.4 Å². The highest BCUT2D eigenvalue weighted by atomic mass is 16.5. The van der Waals surface area contributed by atoms with E-state index in [1.165, 1.54) is 5.57 Å². The van der Waals surface area contributed by atoms with Crippen molar-refractivity contribution in [3.63, 3.8) is 0 Å². The molecule has 3 heteroatoms. The fraction of sp³-hybridized carbons (Fsp3) is 0.467. The monoisotopic (exact) mass is 246 g/mol. The normalized spacial score (nSPS) is 18.2. The second kappa shape index (κ2) is 5.44. The predicted octanol–water partition coefficient (Wildman–Crippen LogP) is 2.70. The van der Waals surface area contributed by atoms with Crippen molar-refractivity contribution in [3.05, 3.63) is 35.9 Å². The molecule has 1 aromatic carbocycles. The Morgan fingerprint density at radius 2 is 2.33 bits per heavy atom. The highest BCUT2D eigenvalue weighted by Crippen LogP contribution is 2.35. The Morgan fingerprint density at radius 3 is 2.94 bits per heavy atom. The van der Waals surface area contributed by atoms with Gasteiger partial charge in [-0.25, -0.2) is 0 Å². The predicted molar refractivity (Wildman–Crippen MR) is 76.1 cm³/mol. The third-order valence-corrected chi connectivity index (χ3v) is 3.23. The molecule has 0 saturated carbocycles. The minimum absolute atomic E-state index is 0.255. The molecule has 18 heavy (non-hydrogen) atoms. The Bertz CT molecular complexity index is 442. The van der Waals surface area contributed by atoms with Gasteiger partial charge in [0.1, 0.15) is 11.9 Å². The summed E-state index contributed by atoms with van der Waals surface area (Å²) in [5.41, 5.74) is 9.11. The van der Waals surface area contributed by atoms with Crippen LogP contribution in [0.4, 0.5) is 5.69 Å². The SMILES string of the molecule is C=C(C)CN1CC(CC)Oc2cc(CN)ccc21. The van der Waals surface area contributed by atoms with Gasteiger partial charge in [0.15, 0.2) is 0 Å². The van der Waals surface area contributed by atoms with Crippen LogP contribution in [0.5, 0.6) is 5.75 Å². The van der Waals surface area contributed by atoms with Gasteiger partial charge in [0, 0.05) is 13.1 Å². The molecule has 0 aromatic heterocycles. The van der Waals surface area contributed by atoms with E-state index in [0.717, 1.165) is 36.5 Å². The van der Waals surface area contributed by atoms with Gasteiger partial charge in [-0.3, -0.25) is 0 Å². The second-order valence-corrected chi connectivity index (χ2v) is 4.99. The van der Waals surface area contributed by atoms with Crippen molar-refractivity contribution in [1.82, 2.24) is 0 Å². The molecule has 1 unspecified atom stereocenters. The van der Waals surface area contributed by atoms with E-state index in [-0.39, 0.29) is 6.10 Å². The largest absolute Gasteiger partial charge is 0.486 e. The molecule has 0 fully saturated rings. The standard InChI is InChI=1S/C15H22N2O/c1-4-13-10-17(9-11(2)3)14-6-5-12(8-16)7-15(14)18-13/h5-7,13H,2,4,8-10,16H2,1,3H3. The van der Waals surface area contributed by atoms with Crippen LogP contribution in [0.2, 0.25) is 0 Å². The van der Waals surface area contributed by atoms with Gasteiger partial charge in [0.25, 0.3) is 0 Å². The average molecular weight is 246 g/mol. The lowest BCUT2D eigenvalue weighted by Gasteiger charge is -2.36. The maximum absolute atomic E-state index is 6.01. The minimum Gasteiger partial charge on any atom is -0.486 e. The summed E-state index contributed by atoms with van der Waals surface area (Å²) in [4.78, 5) is 2.34. The topological polar surface area (TPSA) is 38.5 Å². The van der Waals surface area contributed by atoms with Crippen LogP contribution in [0.25, 0.3) is 0 Å².